The normalized spacial score (nSPS) is 15.1. The first kappa shape index (κ1) is 15.9. The SMILES string of the molecule is COc1ccc2c(c1)/C(=N/Nc1ccc(C(=O)O)cc1)CCCO2. The molecule has 0 saturated heterocycles. The number of hydrogen-bond donors (Lipinski definition) is 2. The first-order valence-electron chi connectivity index (χ1n) is 7.64. The molecule has 0 radical (unpaired) electrons. The molecule has 124 valence electrons. The van der Waals surface area contributed by atoms with E-state index in [4.69, 9.17) is 14.6 Å². The van der Waals surface area contributed by atoms with Crippen LogP contribution in [0.15, 0.2) is 47.6 Å². The Morgan fingerprint density at radius 2 is 2.04 bits per heavy atom. The second kappa shape index (κ2) is 7.04. The number of benzene rings is 2. The van der Waals surface area contributed by atoms with Crippen LogP contribution in [-0.2, 0) is 0 Å². The van der Waals surface area contributed by atoms with Gasteiger partial charge < -0.3 is 14.6 Å². The quantitative estimate of drug-likeness (QED) is 0.842. The summed E-state index contributed by atoms with van der Waals surface area (Å²) in [6, 6.07) is 12.1. The zero-order valence-electron chi connectivity index (χ0n) is 13.3. The van der Waals surface area contributed by atoms with Crippen LogP contribution in [-0.4, -0.2) is 30.5 Å². The summed E-state index contributed by atoms with van der Waals surface area (Å²) >= 11 is 0. The number of anilines is 1. The average molecular weight is 326 g/mol. The van der Waals surface area contributed by atoms with E-state index >= 15 is 0 Å². The van der Waals surface area contributed by atoms with E-state index < -0.39 is 5.97 Å². The lowest BCUT2D eigenvalue weighted by molar-refractivity contribution is 0.0697. The molecule has 0 unspecified atom stereocenters. The molecule has 2 N–H and O–H groups in total. The van der Waals surface area contributed by atoms with Crippen LogP contribution in [0.5, 0.6) is 11.5 Å². The molecule has 0 aliphatic carbocycles. The van der Waals surface area contributed by atoms with Crippen molar-refractivity contribution in [3.05, 3.63) is 53.6 Å². The molecule has 1 aliphatic heterocycles. The fourth-order valence-electron chi connectivity index (χ4n) is 2.48. The van der Waals surface area contributed by atoms with Crippen LogP contribution in [0.4, 0.5) is 5.69 Å². The van der Waals surface area contributed by atoms with Crippen molar-refractivity contribution in [2.24, 2.45) is 5.10 Å². The molecular weight excluding hydrogens is 308 g/mol. The van der Waals surface area contributed by atoms with Crippen molar-refractivity contribution >= 4 is 17.4 Å². The maximum absolute atomic E-state index is 10.9. The van der Waals surface area contributed by atoms with Gasteiger partial charge in [-0.1, -0.05) is 0 Å². The van der Waals surface area contributed by atoms with Gasteiger partial charge in [-0.05, 0) is 55.3 Å². The third kappa shape index (κ3) is 3.48. The summed E-state index contributed by atoms with van der Waals surface area (Å²) < 4.78 is 11.0. The summed E-state index contributed by atoms with van der Waals surface area (Å²) in [5.74, 6) is 0.586. The van der Waals surface area contributed by atoms with Crippen molar-refractivity contribution in [2.75, 3.05) is 19.1 Å². The molecule has 3 rings (SSSR count). The maximum Gasteiger partial charge on any atom is 0.335 e. The summed E-state index contributed by atoms with van der Waals surface area (Å²) in [7, 11) is 1.62. The molecule has 6 heteroatoms. The number of fused-ring (bicyclic) bond motifs is 1. The smallest absolute Gasteiger partial charge is 0.335 e. The first-order chi connectivity index (χ1) is 11.7. The molecular formula is C18H18N2O4. The second-order valence-corrected chi connectivity index (χ2v) is 5.37. The molecule has 1 heterocycles. The molecule has 1 aliphatic rings. The number of hydrogen-bond acceptors (Lipinski definition) is 5. The summed E-state index contributed by atoms with van der Waals surface area (Å²) in [4.78, 5) is 10.9. The number of carboxylic acids is 1. The van der Waals surface area contributed by atoms with Gasteiger partial charge in [0.25, 0.3) is 0 Å². The second-order valence-electron chi connectivity index (χ2n) is 5.37. The van der Waals surface area contributed by atoms with Crippen molar-refractivity contribution in [1.82, 2.24) is 0 Å². The highest BCUT2D eigenvalue weighted by molar-refractivity contribution is 6.03. The van der Waals surface area contributed by atoms with E-state index in [9.17, 15) is 4.79 Å². The Morgan fingerprint density at radius 1 is 1.25 bits per heavy atom. The summed E-state index contributed by atoms with van der Waals surface area (Å²) in [6.07, 6.45) is 1.65. The van der Waals surface area contributed by atoms with E-state index in [1.165, 1.54) is 12.1 Å². The molecule has 24 heavy (non-hydrogen) atoms. The topological polar surface area (TPSA) is 80.2 Å². The number of carbonyl (C=O) groups is 1. The third-order valence-electron chi connectivity index (χ3n) is 3.76. The lowest BCUT2D eigenvalue weighted by Crippen LogP contribution is -2.04. The largest absolute Gasteiger partial charge is 0.497 e. The molecule has 0 fully saturated rings. The van der Waals surface area contributed by atoms with Gasteiger partial charge in [0.05, 0.1) is 30.7 Å². The van der Waals surface area contributed by atoms with Gasteiger partial charge in [-0.3, -0.25) is 5.43 Å². The van der Waals surface area contributed by atoms with E-state index in [1.807, 2.05) is 18.2 Å². The number of hydrazone groups is 1. The van der Waals surface area contributed by atoms with E-state index in [2.05, 4.69) is 10.5 Å². The molecule has 0 atom stereocenters. The van der Waals surface area contributed by atoms with Gasteiger partial charge in [0.1, 0.15) is 11.5 Å². The Balaban J connectivity index is 1.85. The molecule has 2 aromatic rings. The molecule has 0 saturated carbocycles. The van der Waals surface area contributed by atoms with Crippen LogP contribution >= 0.6 is 0 Å². The van der Waals surface area contributed by atoms with Crippen LogP contribution in [0.2, 0.25) is 0 Å². The monoisotopic (exact) mass is 326 g/mol. The van der Waals surface area contributed by atoms with Crippen molar-refractivity contribution < 1.29 is 19.4 Å². The lowest BCUT2D eigenvalue weighted by atomic mass is 10.1. The van der Waals surface area contributed by atoms with Gasteiger partial charge in [-0.15, -0.1) is 0 Å². The third-order valence-corrected chi connectivity index (χ3v) is 3.76. The highest BCUT2D eigenvalue weighted by Gasteiger charge is 2.16. The lowest BCUT2D eigenvalue weighted by Gasteiger charge is -2.10. The van der Waals surface area contributed by atoms with Crippen molar-refractivity contribution in [1.29, 1.82) is 0 Å². The van der Waals surface area contributed by atoms with Crippen LogP contribution in [0.25, 0.3) is 0 Å². The van der Waals surface area contributed by atoms with Crippen LogP contribution in [0.1, 0.15) is 28.8 Å². The molecule has 0 bridgehead atoms. The standard InChI is InChI=1S/C18H18N2O4/c1-23-14-8-9-17-15(11-14)16(3-2-10-24-17)20-19-13-6-4-12(5-7-13)18(21)22/h4-9,11,19H,2-3,10H2,1H3,(H,21,22)/b20-16+. The predicted octanol–water partition coefficient (Wildman–Crippen LogP) is 3.38. The molecule has 0 aromatic heterocycles. The van der Waals surface area contributed by atoms with Gasteiger partial charge >= 0.3 is 5.97 Å². The van der Waals surface area contributed by atoms with Crippen molar-refractivity contribution in [3.8, 4) is 11.5 Å². The highest BCUT2D eigenvalue weighted by Crippen LogP contribution is 2.28. The van der Waals surface area contributed by atoms with Gasteiger partial charge in [0.15, 0.2) is 0 Å². The van der Waals surface area contributed by atoms with E-state index in [0.717, 1.165) is 41.3 Å². The minimum atomic E-state index is -0.949. The molecule has 6 nitrogen and oxygen atoms in total. The minimum Gasteiger partial charge on any atom is -0.497 e. The fraction of sp³-hybridized carbons (Fsp3) is 0.222. The van der Waals surface area contributed by atoms with Crippen molar-refractivity contribution in [2.45, 2.75) is 12.8 Å². The summed E-state index contributed by atoms with van der Waals surface area (Å²) in [5.41, 5.74) is 5.73. The Morgan fingerprint density at radius 3 is 2.75 bits per heavy atom. The van der Waals surface area contributed by atoms with Crippen molar-refractivity contribution in [3.63, 3.8) is 0 Å². The number of nitrogens with one attached hydrogen (secondary N) is 1. The minimum absolute atomic E-state index is 0.242. The molecule has 0 spiro atoms. The van der Waals surface area contributed by atoms with Crippen LogP contribution in [0, 0.1) is 0 Å². The zero-order valence-corrected chi connectivity index (χ0v) is 13.3. The van der Waals surface area contributed by atoms with Gasteiger partial charge in [-0.25, -0.2) is 4.79 Å². The number of methoxy groups -OCH3 is 1. The Kier molecular flexibility index (Phi) is 4.65. The van der Waals surface area contributed by atoms with Crippen LogP contribution in [0.3, 0.4) is 0 Å². The average Bonchev–Trinajstić information content (AvgIpc) is 2.81. The Bertz CT molecular complexity index is 769. The van der Waals surface area contributed by atoms with Crippen LogP contribution < -0.4 is 14.9 Å². The summed E-state index contributed by atoms with van der Waals surface area (Å²) in [5, 5.41) is 13.4. The number of carboxylic acid groups (broad SMARTS) is 1. The Labute approximate surface area is 139 Å². The van der Waals surface area contributed by atoms with E-state index in [1.54, 1.807) is 19.2 Å². The predicted molar refractivity (Wildman–Crippen MR) is 91.3 cm³/mol. The number of rotatable bonds is 4. The Hall–Kier alpha value is -3.02. The maximum atomic E-state index is 10.9. The number of ether oxygens (including phenoxy) is 2. The van der Waals surface area contributed by atoms with Gasteiger partial charge in [0.2, 0.25) is 0 Å². The highest BCUT2D eigenvalue weighted by atomic mass is 16.5. The fourth-order valence-corrected chi connectivity index (χ4v) is 2.48. The van der Waals surface area contributed by atoms with Gasteiger partial charge in [0, 0.05) is 5.56 Å². The van der Waals surface area contributed by atoms with Gasteiger partial charge in [-0.2, -0.15) is 5.10 Å². The first-order valence-corrected chi connectivity index (χ1v) is 7.64. The van der Waals surface area contributed by atoms with E-state index in [-0.39, 0.29) is 5.56 Å². The van der Waals surface area contributed by atoms with E-state index in [0.29, 0.717) is 6.61 Å². The zero-order chi connectivity index (χ0) is 16.9. The molecule has 0 amide bonds. The number of aromatic carboxylic acids is 1. The summed E-state index contributed by atoms with van der Waals surface area (Å²) in [6.45, 7) is 0.645. The molecule has 2 aromatic carbocycles. The number of nitrogens with zero attached hydrogens (tertiary/aromatic N) is 1.